The molecule has 0 aromatic heterocycles. The SMILES string of the molecule is CC(C)=C1C[C@@H]2[C@@H]3CC[C@@H]4CCCC[C@]4(C)[C@H]3CC[C@]2(C)[C@H]1O. The molecular formula is C22H36O. The number of fused-ring (bicyclic) bond motifs is 5. The molecule has 0 saturated heterocycles. The van der Waals surface area contributed by atoms with Gasteiger partial charge in [0.2, 0.25) is 0 Å². The Hall–Kier alpha value is -0.300. The minimum Gasteiger partial charge on any atom is -0.388 e. The Morgan fingerprint density at radius 1 is 0.913 bits per heavy atom. The van der Waals surface area contributed by atoms with Gasteiger partial charge in [0.1, 0.15) is 0 Å². The summed E-state index contributed by atoms with van der Waals surface area (Å²) in [5.74, 6) is 3.54. The maximum atomic E-state index is 11.0. The van der Waals surface area contributed by atoms with Crippen LogP contribution in [0.1, 0.15) is 85.5 Å². The maximum Gasteiger partial charge on any atom is 0.0809 e. The number of hydrogen-bond donors (Lipinski definition) is 1. The fraction of sp³-hybridized carbons (Fsp3) is 0.909. The maximum absolute atomic E-state index is 11.0. The van der Waals surface area contributed by atoms with Crippen LogP contribution in [-0.2, 0) is 0 Å². The second kappa shape index (κ2) is 5.35. The van der Waals surface area contributed by atoms with Crippen LogP contribution in [-0.4, -0.2) is 11.2 Å². The zero-order valence-corrected chi connectivity index (χ0v) is 15.7. The molecular weight excluding hydrogens is 280 g/mol. The number of rotatable bonds is 0. The van der Waals surface area contributed by atoms with Gasteiger partial charge in [0.25, 0.3) is 0 Å². The molecule has 1 heteroatoms. The van der Waals surface area contributed by atoms with Crippen molar-refractivity contribution in [1.82, 2.24) is 0 Å². The Balaban J connectivity index is 1.68. The van der Waals surface area contributed by atoms with Crippen LogP contribution in [0.4, 0.5) is 0 Å². The van der Waals surface area contributed by atoms with E-state index in [-0.39, 0.29) is 11.5 Å². The van der Waals surface area contributed by atoms with E-state index in [2.05, 4.69) is 27.7 Å². The molecule has 0 spiro atoms. The summed E-state index contributed by atoms with van der Waals surface area (Å²) < 4.78 is 0. The third-order valence-electron chi connectivity index (χ3n) is 9.06. The van der Waals surface area contributed by atoms with E-state index in [4.69, 9.17) is 0 Å². The molecule has 0 bridgehead atoms. The van der Waals surface area contributed by atoms with Crippen LogP contribution in [0.25, 0.3) is 0 Å². The molecule has 0 aromatic rings. The van der Waals surface area contributed by atoms with Gasteiger partial charge in [-0.05, 0) is 93.5 Å². The first-order chi connectivity index (χ1) is 10.9. The van der Waals surface area contributed by atoms with Crippen LogP contribution in [0.2, 0.25) is 0 Å². The zero-order chi connectivity index (χ0) is 16.4. The van der Waals surface area contributed by atoms with Gasteiger partial charge >= 0.3 is 0 Å². The van der Waals surface area contributed by atoms with E-state index in [1.54, 1.807) is 0 Å². The molecule has 4 aliphatic carbocycles. The molecule has 4 fully saturated rings. The lowest BCUT2D eigenvalue weighted by Gasteiger charge is -2.60. The predicted octanol–water partition coefficient (Wildman–Crippen LogP) is 5.73. The molecule has 1 nitrogen and oxygen atoms in total. The van der Waals surface area contributed by atoms with Crippen molar-refractivity contribution >= 4 is 0 Å². The molecule has 4 rings (SSSR count). The molecule has 23 heavy (non-hydrogen) atoms. The van der Waals surface area contributed by atoms with Gasteiger partial charge in [0.15, 0.2) is 0 Å². The minimum atomic E-state index is -0.171. The Morgan fingerprint density at radius 3 is 2.43 bits per heavy atom. The molecule has 130 valence electrons. The molecule has 1 N–H and O–H groups in total. The van der Waals surface area contributed by atoms with Crippen molar-refractivity contribution in [2.24, 2.45) is 34.5 Å². The highest BCUT2D eigenvalue weighted by atomic mass is 16.3. The first-order valence-electron chi connectivity index (χ1n) is 10.2. The van der Waals surface area contributed by atoms with Crippen LogP contribution >= 0.6 is 0 Å². The number of hydrogen-bond acceptors (Lipinski definition) is 1. The highest BCUT2D eigenvalue weighted by Gasteiger charge is 2.60. The number of allylic oxidation sites excluding steroid dienone is 1. The predicted molar refractivity (Wildman–Crippen MR) is 96.1 cm³/mol. The summed E-state index contributed by atoms with van der Waals surface area (Å²) in [5.41, 5.74) is 3.53. The second-order valence-corrected chi connectivity index (χ2v) is 10.1. The largest absolute Gasteiger partial charge is 0.388 e. The lowest BCUT2D eigenvalue weighted by atomic mass is 9.45. The van der Waals surface area contributed by atoms with Crippen molar-refractivity contribution in [3.63, 3.8) is 0 Å². The smallest absolute Gasteiger partial charge is 0.0809 e. The van der Waals surface area contributed by atoms with Gasteiger partial charge in [-0.3, -0.25) is 0 Å². The number of aliphatic hydroxyl groups excluding tert-OH is 1. The normalized spacial score (nSPS) is 52.6. The molecule has 0 heterocycles. The van der Waals surface area contributed by atoms with E-state index in [1.165, 1.54) is 68.9 Å². The summed E-state index contributed by atoms with van der Waals surface area (Å²) in [4.78, 5) is 0. The summed E-state index contributed by atoms with van der Waals surface area (Å²) >= 11 is 0. The van der Waals surface area contributed by atoms with Gasteiger partial charge in [-0.1, -0.05) is 32.3 Å². The van der Waals surface area contributed by atoms with Gasteiger partial charge in [-0.2, -0.15) is 0 Å². The van der Waals surface area contributed by atoms with Crippen molar-refractivity contribution in [2.45, 2.75) is 91.6 Å². The van der Waals surface area contributed by atoms with Crippen LogP contribution in [0.3, 0.4) is 0 Å². The summed E-state index contributed by atoms with van der Waals surface area (Å²) in [5, 5.41) is 11.0. The van der Waals surface area contributed by atoms with Crippen LogP contribution in [0.15, 0.2) is 11.1 Å². The van der Waals surface area contributed by atoms with Crippen molar-refractivity contribution in [3.05, 3.63) is 11.1 Å². The Morgan fingerprint density at radius 2 is 1.70 bits per heavy atom. The molecule has 0 unspecified atom stereocenters. The fourth-order valence-corrected chi connectivity index (χ4v) is 7.59. The lowest BCUT2D eigenvalue weighted by molar-refractivity contribution is -0.119. The first kappa shape index (κ1) is 16.2. The average Bonchev–Trinajstić information content (AvgIpc) is 2.79. The molecule has 0 radical (unpaired) electrons. The van der Waals surface area contributed by atoms with Gasteiger partial charge in [0.05, 0.1) is 6.10 Å². The minimum absolute atomic E-state index is 0.158. The Kier molecular flexibility index (Phi) is 3.76. The standard InChI is InChI=1S/C22H36O/c1-14(2)17-13-19-16-9-8-15-7-5-6-11-21(15,3)18(16)10-12-22(19,4)20(17)23/h15-16,18-20,23H,5-13H2,1-4H3/t15-,16+,18-,19+,20-,21-,22-/m0/s1. The van der Waals surface area contributed by atoms with Gasteiger partial charge in [-0.25, -0.2) is 0 Å². The topological polar surface area (TPSA) is 20.2 Å². The molecule has 4 aliphatic rings. The van der Waals surface area contributed by atoms with Gasteiger partial charge < -0.3 is 5.11 Å². The van der Waals surface area contributed by atoms with E-state index in [0.717, 1.165) is 23.7 Å². The van der Waals surface area contributed by atoms with E-state index in [0.29, 0.717) is 5.41 Å². The number of aliphatic hydroxyl groups is 1. The van der Waals surface area contributed by atoms with E-state index < -0.39 is 0 Å². The summed E-state index contributed by atoms with van der Waals surface area (Å²) in [6.45, 7) is 9.46. The quantitative estimate of drug-likeness (QED) is 0.566. The van der Waals surface area contributed by atoms with Crippen molar-refractivity contribution in [3.8, 4) is 0 Å². The average molecular weight is 317 g/mol. The van der Waals surface area contributed by atoms with Crippen molar-refractivity contribution in [2.75, 3.05) is 0 Å². The second-order valence-electron chi connectivity index (χ2n) is 10.1. The van der Waals surface area contributed by atoms with Gasteiger partial charge in [0, 0.05) is 5.41 Å². The van der Waals surface area contributed by atoms with Crippen molar-refractivity contribution in [1.29, 1.82) is 0 Å². The summed E-state index contributed by atoms with van der Waals surface area (Å²) in [6.07, 6.45) is 12.4. The van der Waals surface area contributed by atoms with Crippen LogP contribution < -0.4 is 0 Å². The molecule has 0 aromatic carbocycles. The Labute approximate surface area is 142 Å². The summed E-state index contributed by atoms with van der Waals surface area (Å²) in [7, 11) is 0. The Bertz CT molecular complexity index is 516. The highest BCUT2D eigenvalue weighted by Crippen LogP contribution is 2.67. The third kappa shape index (κ3) is 2.14. The van der Waals surface area contributed by atoms with E-state index in [9.17, 15) is 5.11 Å². The summed E-state index contributed by atoms with van der Waals surface area (Å²) in [6, 6.07) is 0. The fourth-order valence-electron chi connectivity index (χ4n) is 7.59. The van der Waals surface area contributed by atoms with Crippen LogP contribution in [0, 0.1) is 34.5 Å². The molecule has 4 saturated carbocycles. The lowest BCUT2D eigenvalue weighted by Crippen LogP contribution is -2.53. The van der Waals surface area contributed by atoms with Crippen molar-refractivity contribution < 1.29 is 5.11 Å². The first-order valence-corrected chi connectivity index (χ1v) is 10.2. The molecule has 0 amide bonds. The zero-order valence-electron chi connectivity index (χ0n) is 15.7. The van der Waals surface area contributed by atoms with E-state index in [1.807, 2.05) is 0 Å². The third-order valence-corrected chi connectivity index (χ3v) is 9.06. The monoisotopic (exact) mass is 316 g/mol. The highest BCUT2D eigenvalue weighted by molar-refractivity contribution is 5.27. The van der Waals surface area contributed by atoms with E-state index >= 15 is 0 Å². The molecule has 0 aliphatic heterocycles. The molecule has 7 atom stereocenters. The van der Waals surface area contributed by atoms with Crippen LogP contribution in [0.5, 0.6) is 0 Å². The van der Waals surface area contributed by atoms with Gasteiger partial charge in [-0.15, -0.1) is 0 Å².